The Morgan fingerprint density at radius 2 is 1.69 bits per heavy atom. The Hall–Kier alpha value is -0.730. The number of hydrogen-bond acceptors (Lipinski definition) is 7. The molecule has 0 aromatic heterocycles. The molecule has 0 fully saturated rings. The van der Waals surface area contributed by atoms with Crippen molar-refractivity contribution in [2.75, 3.05) is 13.2 Å². The van der Waals surface area contributed by atoms with E-state index in [1.165, 1.54) is 0 Å². The van der Waals surface area contributed by atoms with Crippen LogP contribution < -0.4 is 0 Å². The molecule has 0 saturated heterocycles. The molecule has 78 valence electrons. The Morgan fingerprint density at radius 1 is 1.15 bits per heavy atom. The Bertz CT molecular complexity index is 173. The van der Waals surface area contributed by atoms with E-state index in [2.05, 4.69) is 5.16 Å². The predicted octanol–water partition coefficient (Wildman–Crippen LogP) is -3.12. The van der Waals surface area contributed by atoms with E-state index in [-0.39, 0.29) is 0 Å². The number of aliphatic hydroxyl groups excluding tert-OH is 5. The molecule has 13 heavy (non-hydrogen) atoms. The minimum absolute atomic E-state index is 0.486. The van der Waals surface area contributed by atoms with Crippen molar-refractivity contribution in [1.29, 1.82) is 0 Å². The Kier molecular flexibility index (Phi) is 5.51. The van der Waals surface area contributed by atoms with Crippen LogP contribution in [0.5, 0.6) is 0 Å². The molecule has 0 aliphatic carbocycles. The Labute approximate surface area is 74.2 Å². The van der Waals surface area contributed by atoms with Gasteiger partial charge in [-0.25, -0.2) is 0 Å². The summed E-state index contributed by atoms with van der Waals surface area (Å²) in [7, 11) is 0. The third kappa shape index (κ3) is 3.25. The maximum Gasteiger partial charge on any atom is 0.126 e. The van der Waals surface area contributed by atoms with Gasteiger partial charge in [0.2, 0.25) is 0 Å². The normalized spacial score (nSPS) is 19.6. The molecule has 0 heterocycles. The second-order valence-electron chi connectivity index (χ2n) is 2.43. The number of hydrogen-bond donors (Lipinski definition) is 6. The van der Waals surface area contributed by atoms with Crippen LogP contribution in [-0.4, -0.2) is 68.0 Å². The van der Waals surface area contributed by atoms with E-state index in [1.807, 2.05) is 0 Å². The van der Waals surface area contributed by atoms with Crippen molar-refractivity contribution >= 4 is 5.71 Å². The van der Waals surface area contributed by atoms with Gasteiger partial charge >= 0.3 is 0 Å². The molecule has 0 rings (SSSR count). The molecule has 0 saturated carbocycles. The summed E-state index contributed by atoms with van der Waals surface area (Å²) < 4.78 is 0. The largest absolute Gasteiger partial charge is 0.411 e. The SMILES string of the molecule is OCC(=NO)[C@@H](O)[C@H](O)[C@H](O)CO. The minimum atomic E-state index is -1.71. The first-order chi connectivity index (χ1) is 6.08. The summed E-state index contributed by atoms with van der Waals surface area (Å²) in [6, 6.07) is 0. The van der Waals surface area contributed by atoms with Crippen LogP contribution in [0.2, 0.25) is 0 Å². The van der Waals surface area contributed by atoms with Gasteiger partial charge in [0, 0.05) is 0 Å². The van der Waals surface area contributed by atoms with Gasteiger partial charge in [-0.05, 0) is 0 Å². The topological polar surface area (TPSA) is 134 Å². The van der Waals surface area contributed by atoms with Gasteiger partial charge in [0.1, 0.15) is 24.0 Å². The van der Waals surface area contributed by atoms with Gasteiger partial charge in [-0.15, -0.1) is 0 Å². The van der Waals surface area contributed by atoms with Gasteiger partial charge in [0.15, 0.2) is 0 Å². The maximum absolute atomic E-state index is 9.11. The van der Waals surface area contributed by atoms with Crippen molar-refractivity contribution in [3.05, 3.63) is 0 Å². The lowest BCUT2D eigenvalue weighted by Gasteiger charge is -2.20. The molecule has 0 bridgehead atoms. The van der Waals surface area contributed by atoms with E-state index in [0.717, 1.165) is 0 Å². The molecule has 0 unspecified atom stereocenters. The fourth-order valence-electron chi connectivity index (χ4n) is 0.700. The van der Waals surface area contributed by atoms with E-state index in [1.54, 1.807) is 0 Å². The predicted molar refractivity (Wildman–Crippen MR) is 41.4 cm³/mol. The molecule has 0 amide bonds. The molecular formula is C6H13NO6. The fourth-order valence-corrected chi connectivity index (χ4v) is 0.700. The van der Waals surface area contributed by atoms with Crippen molar-refractivity contribution in [2.45, 2.75) is 18.3 Å². The first-order valence-electron chi connectivity index (χ1n) is 3.55. The highest BCUT2D eigenvalue weighted by Gasteiger charge is 2.28. The summed E-state index contributed by atoms with van der Waals surface area (Å²) in [6.07, 6.45) is -4.97. The lowest BCUT2D eigenvalue weighted by Crippen LogP contribution is -2.44. The summed E-state index contributed by atoms with van der Waals surface area (Å²) in [5.41, 5.74) is -0.486. The summed E-state index contributed by atoms with van der Waals surface area (Å²) >= 11 is 0. The lowest BCUT2D eigenvalue weighted by atomic mass is 10.0. The van der Waals surface area contributed by atoms with Crippen LogP contribution in [0.25, 0.3) is 0 Å². The summed E-state index contributed by atoms with van der Waals surface area (Å²) in [4.78, 5) is 0. The van der Waals surface area contributed by atoms with Gasteiger partial charge in [-0.3, -0.25) is 0 Å². The van der Waals surface area contributed by atoms with Crippen LogP contribution >= 0.6 is 0 Å². The van der Waals surface area contributed by atoms with Gasteiger partial charge in [-0.2, -0.15) is 0 Å². The second-order valence-corrected chi connectivity index (χ2v) is 2.43. The monoisotopic (exact) mass is 195 g/mol. The van der Waals surface area contributed by atoms with Gasteiger partial charge < -0.3 is 30.7 Å². The van der Waals surface area contributed by atoms with Crippen molar-refractivity contribution in [3.63, 3.8) is 0 Å². The molecule has 0 aliphatic heterocycles. The average Bonchev–Trinajstić information content (AvgIpc) is 2.17. The van der Waals surface area contributed by atoms with E-state index >= 15 is 0 Å². The smallest absolute Gasteiger partial charge is 0.126 e. The zero-order chi connectivity index (χ0) is 10.4. The first-order valence-corrected chi connectivity index (χ1v) is 3.55. The first kappa shape index (κ1) is 12.3. The van der Waals surface area contributed by atoms with Gasteiger partial charge in [-0.1, -0.05) is 5.16 Å². The van der Waals surface area contributed by atoms with Crippen LogP contribution in [0.1, 0.15) is 0 Å². The molecule has 7 heteroatoms. The summed E-state index contributed by atoms with van der Waals surface area (Å²) in [5.74, 6) is 0. The summed E-state index contributed by atoms with van der Waals surface area (Å²) in [5, 5.41) is 54.6. The van der Waals surface area contributed by atoms with Crippen molar-refractivity contribution in [2.24, 2.45) is 5.16 Å². The standard InChI is InChI=1S/C6H13NO6/c8-1-3(7-13)5(11)6(12)4(10)2-9/h4-6,8-13H,1-2H2/t4-,5-,6-/m1/s1. The molecule has 0 aromatic carbocycles. The average molecular weight is 195 g/mol. The van der Waals surface area contributed by atoms with E-state index in [0.29, 0.717) is 0 Å². The fraction of sp³-hybridized carbons (Fsp3) is 0.833. The Morgan fingerprint density at radius 3 is 2.00 bits per heavy atom. The molecular weight excluding hydrogens is 182 g/mol. The second kappa shape index (κ2) is 5.84. The number of oxime groups is 1. The molecule has 0 aromatic rings. The highest BCUT2D eigenvalue weighted by atomic mass is 16.4. The zero-order valence-corrected chi connectivity index (χ0v) is 6.78. The zero-order valence-electron chi connectivity index (χ0n) is 6.78. The van der Waals surface area contributed by atoms with Crippen LogP contribution in [-0.2, 0) is 0 Å². The highest BCUT2D eigenvalue weighted by molar-refractivity contribution is 5.89. The molecule has 0 radical (unpaired) electrons. The van der Waals surface area contributed by atoms with Crippen molar-refractivity contribution in [1.82, 2.24) is 0 Å². The number of rotatable bonds is 5. The molecule has 0 aliphatic rings. The van der Waals surface area contributed by atoms with Crippen molar-refractivity contribution in [3.8, 4) is 0 Å². The van der Waals surface area contributed by atoms with Gasteiger partial charge in [0.05, 0.1) is 13.2 Å². The lowest BCUT2D eigenvalue weighted by molar-refractivity contribution is -0.0570. The molecule has 3 atom stereocenters. The number of aliphatic hydroxyl groups is 5. The molecule has 0 spiro atoms. The van der Waals surface area contributed by atoms with E-state index in [4.69, 9.17) is 30.7 Å². The summed E-state index contributed by atoms with van der Waals surface area (Å²) in [6.45, 7) is -1.50. The minimum Gasteiger partial charge on any atom is -0.411 e. The Balaban J connectivity index is 4.31. The van der Waals surface area contributed by atoms with Crippen LogP contribution in [0.15, 0.2) is 5.16 Å². The number of nitrogens with zero attached hydrogens (tertiary/aromatic N) is 1. The van der Waals surface area contributed by atoms with E-state index < -0.39 is 37.2 Å². The van der Waals surface area contributed by atoms with Crippen LogP contribution in [0, 0.1) is 0 Å². The van der Waals surface area contributed by atoms with Gasteiger partial charge in [0.25, 0.3) is 0 Å². The maximum atomic E-state index is 9.11. The highest BCUT2D eigenvalue weighted by Crippen LogP contribution is 2.02. The molecule has 6 N–H and O–H groups in total. The quantitative estimate of drug-likeness (QED) is 0.156. The molecule has 7 nitrogen and oxygen atoms in total. The van der Waals surface area contributed by atoms with Crippen LogP contribution in [0.3, 0.4) is 0 Å². The van der Waals surface area contributed by atoms with E-state index in [9.17, 15) is 0 Å². The third-order valence-corrected chi connectivity index (χ3v) is 1.54. The van der Waals surface area contributed by atoms with Crippen LogP contribution in [0.4, 0.5) is 0 Å². The third-order valence-electron chi connectivity index (χ3n) is 1.54. The van der Waals surface area contributed by atoms with Crippen molar-refractivity contribution < 1.29 is 30.7 Å².